The van der Waals surface area contributed by atoms with Crippen LogP contribution in [-0.2, 0) is 0 Å². The monoisotopic (exact) mass is 152 g/mol. The second-order valence-electron chi connectivity index (χ2n) is 5.28. The first kappa shape index (κ1) is 7.64. The van der Waals surface area contributed by atoms with Crippen LogP contribution < -0.4 is 0 Å². The van der Waals surface area contributed by atoms with Gasteiger partial charge in [-0.3, -0.25) is 0 Å². The zero-order valence-electron chi connectivity index (χ0n) is 7.90. The highest BCUT2D eigenvalue weighted by Crippen LogP contribution is 2.55. The third-order valence-corrected chi connectivity index (χ3v) is 3.81. The number of hydrogen-bond donors (Lipinski definition) is 0. The van der Waals surface area contributed by atoms with Crippen LogP contribution in [0.25, 0.3) is 0 Å². The van der Waals surface area contributed by atoms with Crippen molar-refractivity contribution in [3.63, 3.8) is 0 Å². The van der Waals surface area contributed by atoms with Crippen LogP contribution in [0.2, 0.25) is 0 Å². The van der Waals surface area contributed by atoms with E-state index >= 15 is 0 Å². The summed E-state index contributed by atoms with van der Waals surface area (Å²) in [4.78, 5) is 0. The van der Waals surface area contributed by atoms with Crippen molar-refractivity contribution in [1.29, 1.82) is 0 Å². The van der Waals surface area contributed by atoms with E-state index in [-0.39, 0.29) is 0 Å². The topological polar surface area (TPSA) is 0 Å². The Bertz CT molecular complexity index is 137. The zero-order chi connectivity index (χ0) is 7.90. The van der Waals surface area contributed by atoms with Gasteiger partial charge in [0, 0.05) is 0 Å². The smallest absolute Gasteiger partial charge is 0.0323 e. The fraction of sp³-hybridized carbons (Fsp3) is 1.00. The van der Waals surface area contributed by atoms with Crippen LogP contribution >= 0.6 is 0 Å². The van der Waals surface area contributed by atoms with Crippen LogP contribution in [0.15, 0.2) is 0 Å². The Morgan fingerprint density at radius 2 is 1.73 bits per heavy atom. The molecule has 0 amide bonds. The summed E-state index contributed by atoms with van der Waals surface area (Å²) in [7, 11) is 0. The van der Waals surface area contributed by atoms with E-state index in [2.05, 4.69) is 13.8 Å². The Balaban J connectivity index is 1.75. The predicted octanol–water partition coefficient (Wildman–Crippen LogP) is 3.61. The highest BCUT2D eigenvalue weighted by atomic mass is 14.5. The quantitative estimate of drug-likeness (QED) is 0.567. The van der Waals surface area contributed by atoms with E-state index in [0.29, 0.717) is 0 Å². The van der Waals surface area contributed by atoms with E-state index in [9.17, 15) is 0 Å². The van der Waals surface area contributed by atoms with Crippen molar-refractivity contribution in [2.45, 2.75) is 52.4 Å². The predicted molar refractivity (Wildman–Crippen MR) is 48.5 cm³/mol. The molecule has 2 aliphatic rings. The maximum absolute atomic E-state index is 2.42. The Labute approximate surface area is 70.4 Å². The molecule has 0 aromatic carbocycles. The van der Waals surface area contributed by atoms with Gasteiger partial charge in [-0.25, -0.2) is 0 Å². The van der Waals surface area contributed by atoms with Crippen LogP contribution in [0, 0.1) is 17.3 Å². The van der Waals surface area contributed by atoms with Gasteiger partial charge in [0.1, 0.15) is 0 Å². The molecule has 11 heavy (non-hydrogen) atoms. The lowest BCUT2D eigenvalue weighted by Crippen LogP contribution is -1.98. The molecule has 0 saturated heterocycles. The minimum absolute atomic E-state index is 0.725. The lowest BCUT2D eigenvalue weighted by Gasteiger charge is -2.09. The van der Waals surface area contributed by atoms with Gasteiger partial charge in [-0.05, 0) is 30.1 Å². The molecule has 1 unspecified atom stereocenters. The first-order chi connectivity index (χ1) is 5.18. The second kappa shape index (κ2) is 2.50. The summed E-state index contributed by atoms with van der Waals surface area (Å²) in [6.07, 6.45) is 9.14. The van der Waals surface area contributed by atoms with Crippen molar-refractivity contribution in [3.05, 3.63) is 0 Å². The first-order valence-corrected chi connectivity index (χ1v) is 5.18. The van der Waals surface area contributed by atoms with E-state index in [0.717, 1.165) is 17.3 Å². The van der Waals surface area contributed by atoms with E-state index in [1.165, 1.54) is 32.1 Å². The average Bonchev–Trinajstić information content (AvgIpc) is 2.42. The molecule has 2 aliphatic carbocycles. The highest BCUT2D eigenvalue weighted by Gasteiger charge is 2.46. The van der Waals surface area contributed by atoms with Crippen LogP contribution in [0.5, 0.6) is 0 Å². The summed E-state index contributed by atoms with van der Waals surface area (Å²) in [5, 5.41) is 0. The van der Waals surface area contributed by atoms with Gasteiger partial charge in [0.05, 0.1) is 0 Å². The van der Waals surface area contributed by atoms with Crippen LogP contribution in [-0.4, -0.2) is 0 Å². The fourth-order valence-corrected chi connectivity index (χ4v) is 2.63. The average molecular weight is 152 g/mol. The van der Waals surface area contributed by atoms with Gasteiger partial charge >= 0.3 is 0 Å². The normalized spacial score (nSPS) is 36.0. The molecule has 0 nitrogen and oxygen atoms in total. The molecule has 0 N–H and O–H groups in total. The van der Waals surface area contributed by atoms with E-state index in [1.807, 2.05) is 0 Å². The molecular formula is C11H20. The molecular weight excluding hydrogens is 132 g/mol. The summed E-state index contributed by atoms with van der Waals surface area (Å²) < 4.78 is 0. The highest BCUT2D eigenvalue weighted by molar-refractivity contribution is 4.96. The summed E-state index contributed by atoms with van der Waals surface area (Å²) in [5.41, 5.74) is 0.725. The molecule has 2 fully saturated rings. The van der Waals surface area contributed by atoms with Crippen molar-refractivity contribution in [2.24, 2.45) is 17.3 Å². The molecule has 0 radical (unpaired) electrons. The van der Waals surface area contributed by atoms with Crippen LogP contribution in [0.1, 0.15) is 52.4 Å². The van der Waals surface area contributed by atoms with Gasteiger partial charge in [0.2, 0.25) is 0 Å². The number of hydrogen-bond acceptors (Lipinski definition) is 0. The SMILES string of the molecule is CC1(C)CC1CC1CCCC1. The fourth-order valence-electron chi connectivity index (χ4n) is 2.63. The molecule has 0 bridgehead atoms. The molecule has 0 aliphatic heterocycles. The van der Waals surface area contributed by atoms with Crippen LogP contribution in [0.4, 0.5) is 0 Å². The Morgan fingerprint density at radius 1 is 1.18 bits per heavy atom. The maximum atomic E-state index is 2.42. The summed E-state index contributed by atoms with van der Waals surface area (Å²) in [6.45, 7) is 4.85. The van der Waals surface area contributed by atoms with Gasteiger partial charge in [-0.2, -0.15) is 0 Å². The molecule has 0 heteroatoms. The summed E-state index contributed by atoms with van der Waals surface area (Å²) in [5.74, 6) is 2.20. The summed E-state index contributed by atoms with van der Waals surface area (Å²) in [6, 6.07) is 0. The van der Waals surface area contributed by atoms with Crippen molar-refractivity contribution in [2.75, 3.05) is 0 Å². The van der Waals surface area contributed by atoms with Crippen LogP contribution in [0.3, 0.4) is 0 Å². The second-order valence-corrected chi connectivity index (χ2v) is 5.28. The maximum Gasteiger partial charge on any atom is -0.0323 e. The molecule has 64 valence electrons. The van der Waals surface area contributed by atoms with Crippen molar-refractivity contribution in [3.8, 4) is 0 Å². The van der Waals surface area contributed by atoms with Crippen molar-refractivity contribution in [1.82, 2.24) is 0 Å². The van der Waals surface area contributed by atoms with Gasteiger partial charge < -0.3 is 0 Å². The van der Waals surface area contributed by atoms with Gasteiger partial charge in [0.25, 0.3) is 0 Å². The first-order valence-electron chi connectivity index (χ1n) is 5.18. The molecule has 0 aromatic rings. The Morgan fingerprint density at radius 3 is 2.18 bits per heavy atom. The lowest BCUT2D eigenvalue weighted by molar-refractivity contribution is 0.421. The molecule has 2 rings (SSSR count). The third-order valence-electron chi connectivity index (χ3n) is 3.81. The molecule has 0 heterocycles. The van der Waals surface area contributed by atoms with Crippen molar-refractivity contribution >= 4 is 0 Å². The molecule has 0 aromatic heterocycles. The minimum atomic E-state index is 0.725. The lowest BCUT2D eigenvalue weighted by atomic mass is 9.97. The standard InChI is InChI=1S/C11H20/c1-11(2)8-10(11)7-9-5-3-4-6-9/h9-10H,3-8H2,1-2H3. The summed E-state index contributed by atoms with van der Waals surface area (Å²) >= 11 is 0. The third kappa shape index (κ3) is 1.60. The molecule has 1 atom stereocenters. The zero-order valence-corrected chi connectivity index (χ0v) is 7.90. The van der Waals surface area contributed by atoms with Crippen molar-refractivity contribution < 1.29 is 0 Å². The Kier molecular flexibility index (Phi) is 1.74. The van der Waals surface area contributed by atoms with E-state index in [1.54, 1.807) is 6.42 Å². The molecule has 0 spiro atoms. The number of rotatable bonds is 2. The molecule has 2 saturated carbocycles. The van der Waals surface area contributed by atoms with Gasteiger partial charge in [-0.15, -0.1) is 0 Å². The van der Waals surface area contributed by atoms with Gasteiger partial charge in [-0.1, -0.05) is 39.5 Å². The van der Waals surface area contributed by atoms with E-state index < -0.39 is 0 Å². The largest absolute Gasteiger partial charge is 0.0596 e. The minimum Gasteiger partial charge on any atom is -0.0596 e. The Hall–Kier alpha value is 0. The van der Waals surface area contributed by atoms with E-state index in [4.69, 9.17) is 0 Å². The van der Waals surface area contributed by atoms with Gasteiger partial charge in [0.15, 0.2) is 0 Å².